The highest BCUT2D eigenvalue weighted by Crippen LogP contribution is 2.21. The van der Waals surface area contributed by atoms with Gasteiger partial charge >= 0.3 is 5.97 Å². The molecular formula is C13H13NO2. The maximum Gasteiger partial charge on any atom is 0.338 e. The maximum atomic E-state index is 11.7. The van der Waals surface area contributed by atoms with Gasteiger partial charge in [-0.25, -0.2) is 4.79 Å². The van der Waals surface area contributed by atoms with Crippen molar-refractivity contribution < 1.29 is 9.53 Å². The molecule has 0 aliphatic rings. The summed E-state index contributed by atoms with van der Waals surface area (Å²) in [7, 11) is 1.39. The Morgan fingerprint density at radius 1 is 1.19 bits per heavy atom. The van der Waals surface area contributed by atoms with Gasteiger partial charge in [0.25, 0.3) is 0 Å². The maximum absolute atomic E-state index is 11.7. The van der Waals surface area contributed by atoms with Gasteiger partial charge in [0.05, 0.1) is 18.2 Å². The van der Waals surface area contributed by atoms with Gasteiger partial charge in [-0.15, -0.1) is 0 Å². The summed E-state index contributed by atoms with van der Waals surface area (Å²) in [6.45, 7) is 3.82. The van der Waals surface area contributed by atoms with Gasteiger partial charge in [-0.05, 0) is 31.5 Å². The standard InChI is InChI=1S/C13H13NO2/c1-8-4-7-11-10(6-5-9(2)14-11)12(8)13(15)16-3/h4-7H,1-3H3. The number of pyridine rings is 1. The number of esters is 1. The first-order chi connectivity index (χ1) is 7.63. The molecule has 3 heteroatoms. The average Bonchev–Trinajstić information content (AvgIpc) is 2.28. The number of carbonyl (C=O) groups excluding carboxylic acids is 1. The van der Waals surface area contributed by atoms with Crippen molar-refractivity contribution in [1.82, 2.24) is 4.98 Å². The van der Waals surface area contributed by atoms with Gasteiger partial charge in [-0.3, -0.25) is 4.98 Å². The summed E-state index contributed by atoms with van der Waals surface area (Å²) in [6, 6.07) is 7.62. The summed E-state index contributed by atoms with van der Waals surface area (Å²) in [4.78, 5) is 16.1. The van der Waals surface area contributed by atoms with Crippen molar-refractivity contribution in [3.63, 3.8) is 0 Å². The first-order valence-corrected chi connectivity index (χ1v) is 5.09. The fourth-order valence-corrected chi connectivity index (χ4v) is 1.79. The second-order valence-electron chi connectivity index (χ2n) is 3.77. The van der Waals surface area contributed by atoms with Crippen LogP contribution in [0, 0.1) is 13.8 Å². The quantitative estimate of drug-likeness (QED) is 0.686. The SMILES string of the molecule is COC(=O)c1c(C)ccc2nc(C)ccc12. The number of fused-ring (bicyclic) bond motifs is 1. The van der Waals surface area contributed by atoms with E-state index in [9.17, 15) is 4.79 Å². The molecule has 0 fully saturated rings. The average molecular weight is 215 g/mol. The summed E-state index contributed by atoms with van der Waals surface area (Å²) < 4.78 is 4.79. The fraction of sp³-hybridized carbons (Fsp3) is 0.231. The Morgan fingerprint density at radius 2 is 1.94 bits per heavy atom. The molecule has 0 aliphatic carbocycles. The van der Waals surface area contributed by atoms with Crippen molar-refractivity contribution in [3.8, 4) is 0 Å². The van der Waals surface area contributed by atoms with Crippen LogP contribution in [0.1, 0.15) is 21.6 Å². The Balaban J connectivity index is 2.79. The molecule has 1 heterocycles. The van der Waals surface area contributed by atoms with Crippen LogP contribution in [0.25, 0.3) is 10.9 Å². The van der Waals surface area contributed by atoms with E-state index < -0.39 is 0 Å². The summed E-state index contributed by atoms with van der Waals surface area (Å²) in [5.74, 6) is -0.311. The molecule has 0 N–H and O–H groups in total. The van der Waals surface area contributed by atoms with E-state index in [0.717, 1.165) is 22.2 Å². The van der Waals surface area contributed by atoms with E-state index in [2.05, 4.69) is 4.98 Å². The summed E-state index contributed by atoms with van der Waals surface area (Å²) in [5.41, 5.74) is 3.27. The van der Waals surface area contributed by atoms with Crippen molar-refractivity contribution in [2.75, 3.05) is 7.11 Å². The van der Waals surface area contributed by atoms with Crippen LogP contribution in [0.3, 0.4) is 0 Å². The third-order valence-electron chi connectivity index (χ3n) is 2.61. The van der Waals surface area contributed by atoms with Gasteiger partial charge in [-0.1, -0.05) is 12.1 Å². The third-order valence-corrected chi connectivity index (χ3v) is 2.61. The van der Waals surface area contributed by atoms with Crippen LogP contribution < -0.4 is 0 Å². The molecule has 0 saturated heterocycles. The van der Waals surface area contributed by atoms with E-state index in [0.29, 0.717) is 5.56 Å². The highest BCUT2D eigenvalue weighted by atomic mass is 16.5. The molecule has 0 atom stereocenters. The number of hydrogen-bond acceptors (Lipinski definition) is 3. The van der Waals surface area contributed by atoms with Crippen LogP contribution in [-0.2, 0) is 4.74 Å². The highest BCUT2D eigenvalue weighted by Gasteiger charge is 2.13. The number of benzene rings is 1. The number of aryl methyl sites for hydroxylation is 2. The number of ether oxygens (including phenoxy) is 1. The molecule has 82 valence electrons. The molecule has 0 spiro atoms. The Bertz CT molecular complexity index is 561. The van der Waals surface area contributed by atoms with Crippen LogP contribution in [0.15, 0.2) is 24.3 Å². The van der Waals surface area contributed by atoms with Gasteiger partial charge in [0, 0.05) is 11.1 Å². The summed E-state index contributed by atoms with van der Waals surface area (Å²) >= 11 is 0. The molecule has 2 rings (SSSR count). The van der Waals surface area contributed by atoms with Crippen molar-refractivity contribution in [2.45, 2.75) is 13.8 Å². The normalized spacial score (nSPS) is 10.4. The molecule has 0 saturated carbocycles. The van der Waals surface area contributed by atoms with Gasteiger partial charge < -0.3 is 4.74 Å². The van der Waals surface area contributed by atoms with Crippen LogP contribution in [0.2, 0.25) is 0 Å². The van der Waals surface area contributed by atoms with E-state index in [1.165, 1.54) is 7.11 Å². The van der Waals surface area contributed by atoms with Gasteiger partial charge in [0.1, 0.15) is 0 Å². The lowest BCUT2D eigenvalue weighted by molar-refractivity contribution is 0.0602. The van der Waals surface area contributed by atoms with Crippen LogP contribution in [-0.4, -0.2) is 18.1 Å². The molecule has 0 aliphatic heterocycles. The second kappa shape index (κ2) is 3.93. The monoisotopic (exact) mass is 215 g/mol. The molecule has 0 unspecified atom stereocenters. The minimum Gasteiger partial charge on any atom is -0.465 e. The molecule has 0 radical (unpaired) electrons. The first-order valence-electron chi connectivity index (χ1n) is 5.09. The molecular weight excluding hydrogens is 202 g/mol. The molecule has 1 aromatic carbocycles. The number of rotatable bonds is 1. The third kappa shape index (κ3) is 1.65. The molecule has 3 nitrogen and oxygen atoms in total. The predicted octanol–water partition coefficient (Wildman–Crippen LogP) is 2.64. The lowest BCUT2D eigenvalue weighted by Gasteiger charge is -2.08. The number of hydrogen-bond donors (Lipinski definition) is 0. The van der Waals surface area contributed by atoms with E-state index in [1.807, 2.05) is 38.1 Å². The molecule has 16 heavy (non-hydrogen) atoms. The first kappa shape index (κ1) is 10.6. The molecule has 0 amide bonds. The van der Waals surface area contributed by atoms with Crippen LogP contribution >= 0.6 is 0 Å². The fourth-order valence-electron chi connectivity index (χ4n) is 1.79. The van der Waals surface area contributed by atoms with Crippen molar-refractivity contribution >= 4 is 16.9 Å². The predicted molar refractivity (Wildman–Crippen MR) is 62.6 cm³/mol. The number of carbonyl (C=O) groups is 1. The Hall–Kier alpha value is -1.90. The minimum absolute atomic E-state index is 0.311. The minimum atomic E-state index is -0.311. The van der Waals surface area contributed by atoms with Crippen molar-refractivity contribution in [2.24, 2.45) is 0 Å². The summed E-state index contributed by atoms with van der Waals surface area (Å²) in [6.07, 6.45) is 0. The van der Waals surface area contributed by atoms with Crippen molar-refractivity contribution in [3.05, 3.63) is 41.1 Å². The topological polar surface area (TPSA) is 39.2 Å². The number of nitrogens with zero attached hydrogens (tertiary/aromatic N) is 1. The second-order valence-corrected chi connectivity index (χ2v) is 3.77. The van der Waals surface area contributed by atoms with E-state index in [4.69, 9.17) is 4.74 Å². The Morgan fingerprint density at radius 3 is 2.62 bits per heavy atom. The van der Waals surface area contributed by atoms with Gasteiger partial charge in [0.15, 0.2) is 0 Å². The molecule has 0 bridgehead atoms. The zero-order chi connectivity index (χ0) is 11.7. The number of methoxy groups -OCH3 is 1. The van der Waals surface area contributed by atoms with E-state index in [1.54, 1.807) is 0 Å². The largest absolute Gasteiger partial charge is 0.465 e. The zero-order valence-corrected chi connectivity index (χ0v) is 9.57. The van der Waals surface area contributed by atoms with Gasteiger partial charge in [0.2, 0.25) is 0 Å². The lowest BCUT2D eigenvalue weighted by atomic mass is 10.0. The van der Waals surface area contributed by atoms with Gasteiger partial charge in [-0.2, -0.15) is 0 Å². The molecule has 2 aromatic rings. The van der Waals surface area contributed by atoms with Crippen molar-refractivity contribution in [1.29, 1.82) is 0 Å². The zero-order valence-electron chi connectivity index (χ0n) is 9.57. The van der Waals surface area contributed by atoms with E-state index in [-0.39, 0.29) is 5.97 Å². The number of aromatic nitrogens is 1. The Labute approximate surface area is 94.1 Å². The van der Waals surface area contributed by atoms with Crippen LogP contribution in [0.4, 0.5) is 0 Å². The summed E-state index contributed by atoms with van der Waals surface area (Å²) in [5, 5.41) is 0.845. The van der Waals surface area contributed by atoms with Crippen LogP contribution in [0.5, 0.6) is 0 Å². The highest BCUT2D eigenvalue weighted by molar-refractivity contribution is 6.04. The Kier molecular flexibility index (Phi) is 2.60. The smallest absolute Gasteiger partial charge is 0.338 e. The molecule has 1 aromatic heterocycles. The lowest BCUT2D eigenvalue weighted by Crippen LogP contribution is -2.05. The van der Waals surface area contributed by atoms with E-state index >= 15 is 0 Å².